The predicted molar refractivity (Wildman–Crippen MR) is 274 cm³/mol. The number of imide groups is 1. The van der Waals surface area contributed by atoms with E-state index in [1.54, 1.807) is 57.0 Å². The smallest absolute Gasteiger partial charge is 0.410 e. The molecule has 3 aromatic heterocycles. The predicted octanol–water partition coefficient (Wildman–Crippen LogP) is 4.53. The average Bonchev–Trinajstić information content (AvgIpc) is 4.18. The van der Waals surface area contributed by atoms with E-state index in [0.29, 0.717) is 102 Å². The zero-order valence-corrected chi connectivity index (χ0v) is 42.1. The van der Waals surface area contributed by atoms with Crippen molar-refractivity contribution >= 4 is 80.8 Å². The summed E-state index contributed by atoms with van der Waals surface area (Å²) in [6, 6.07) is 6.61. The van der Waals surface area contributed by atoms with Crippen molar-refractivity contribution in [3.8, 4) is 11.8 Å². The van der Waals surface area contributed by atoms with E-state index in [2.05, 4.69) is 51.4 Å². The Morgan fingerprint density at radius 3 is 2.39 bits per heavy atom. The number of rotatable bonds is 22. The molecule has 2 aromatic carbocycles. The maximum absolute atomic E-state index is 15.0. The van der Waals surface area contributed by atoms with Crippen LogP contribution in [0.2, 0.25) is 0 Å². The lowest BCUT2D eigenvalue weighted by Crippen LogP contribution is -2.54. The molecule has 8 rings (SSSR count). The van der Waals surface area contributed by atoms with E-state index in [1.807, 2.05) is 0 Å². The zero-order chi connectivity index (χ0) is 53.3. The number of anilines is 3. The standard InChI is InChI=1S/C51H61FN14O9/c1-28(2)43(60-39(67)10-6-5-7-19-66-40(68)15-16-41(66)69)48(71)59-36(9-8-18-55-49(53)72)47(70)58-33-13-11-30(12-14-33)27-74-51(73)65-20-17-31-25-64(26-38(31)65)46-42-35-21-32(52)22-37(54-4)44(35)61-45(42)62-50(63-46)75-34-23-56-29(3)57-24-34/h11-16,21-24,28,31,36,38,43,54H,5-10,17-20,25-27H2,1-4H3,(H,58,70)(H,59,71)(H,60,67)(H3,53,55,72)(H,61,62,63)/t31-,36-,38+,43?/m0/s1. The van der Waals surface area contributed by atoms with Crippen molar-refractivity contribution in [3.05, 3.63) is 78.1 Å². The van der Waals surface area contributed by atoms with Gasteiger partial charge in [0.25, 0.3) is 11.8 Å². The van der Waals surface area contributed by atoms with Gasteiger partial charge in [0.15, 0.2) is 5.75 Å². The quantitative estimate of drug-likeness (QED) is 0.0370. The Bertz CT molecular complexity index is 2970. The van der Waals surface area contributed by atoms with E-state index in [9.17, 15) is 33.6 Å². The molecule has 24 heteroatoms. The SMILES string of the molecule is CNc1cc(F)cc2c1[nH]c1nc(Oc3cnc(C)nc3)nc(N3C[C@@H]4CCN(C(=O)OCc5ccc(NC(=O)[C@H](CCCNC(N)=O)NC(=O)C(NC(=O)CCCCCN6C(=O)C=CC6=O)C(C)C)cc5)[C@@H]4C3)c12. The first-order chi connectivity index (χ1) is 36.0. The summed E-state index contributed by atoms with van der Waals surface area (Å²) in [6.07, 6.45) is 7.83. The number of aryl methyl sites for hydroxylation is 1. The Balaban J connectivity index is 0.864. The number of carbonyl (C=O) groups excluding carboxylic acids is 7. The molecule has 2 fully saturated rings. The van der Waals surface area contributed by atoms with Gasteiger partial charge in [-0.25, -0.2) is 23.9 Å². The number of benzene rings is 2. The Morgan fingerprint density at radius 1 is 0.933 bits per heavy atom. The summed E-state index contributed by atoms with van der Waals surface area (Å²) in [5, 5.41) is 15.1. The van der Waals surface area contributed by atoms with Crippen molar-refractivity contribution in [2.24, 2.45) is 17.6 Å². The number of ether oxygens (including phenoxy) is 2. The van der Waals surface area contributed by atoms with Crippen molar-refractivity contribution in [1.82, 2.24) is 50.7 Å². The molecule has 0 bridgehead atoms. The van der Waals surface area contributed by atoms with Crippen LogP contribution in [0.5, 0.6) is 11.8 Å². The number of carbonyl (C=O) groups is 7. The molecule has 0 aliphatic carbocycles. The Kier molecular flexibility index (Phi) is 16.6. The highest BCUT2D eigenvalue weighted by Gasteiger charge is 2.45. The summed E-state index contributed by atoms with van der Waals surface area (Å²) in [4.78, 5) is 115. The van der Waals surface area contributed by atoms with E-state index >= 15 is 4.39 Å². The number of nitrogens with two attached hydrogens (primary N) is 1. The number of urea groups is 1. The average molecular weight is 1030 g/mol. The van der Waals surface area contributed by atoms with Crippen LogP contribution in [0.25, 0.3) is 21.9 Å². The third-order valence-corrected chi connectivity index (χ3v) is 13.4. The van der Waals surface area contributed by atoms with Crippen LogP contribution in [-0.2, 0) is 35.3 Å². The number of nitrogens with one attached hydrogen (secondary N) is 6. The molecule has 2 saturated heterocycles. The fourth-order valence-corrected chi connectivity index (χ4v) is 9.55. The molecular formula is C51H61FN14O9. The van der Waals surface area contributed by atoms with Crippen LogP contribution in [0.15, 0.2) is 60.9 Å². The van der Waals surface area contributed by atoms with Crippen LogP contribution < -0.4 is 42.0 Å². The number of likely N-dealkylation sites (tertiary alicyclic amines) is 1. The molecular weight excluding hydrogens is 972 g/mol. The van der Waals surface area contributed by atoms with Gasteiger partial charge in [-0.1, -0.05) is 32.4 Å². The summed E-state index contributed by atoms with van der Waals surface area (Å²) in [6.45, 7) is 7.10. The second kappa shape index (κ2) is 23.6. The summed E-state index contributed by atoms with van der Waals surface area (Å²) in [5.41, 5.74) is 7.91. The molecule has 8 N–H and O–H groups in total. The Labute approximate surface area is 430 Å². The number of H-pyrrole nitrogens is 1. The lowest BCUT2D eigenvalue weighted by atomic mass is 10.0. The maximum atomic E-state index is 15.0. The number of hydrogen-bond acceptors (Lipinski definition) is 15. The first-order valence-corrected chi connectivity index (χ1v) is 25.0. The molecule has 396 valence electrons. The van der Waals surface area contributed by atoms with Crippen LogP contribution in [0.3, 0.4) is 0 Å². The van der Waals surface area contributed by atoms with E-state index in [1.165, 1.54) is 36.7 Å². The van der Waals surface area contributed by atoms with Gasteiger partial charge >= 0.3 is 18.1 Å². The van der Waals surface area contributed by atoms with Crippen LogP contribution >= 0.6 is 0 Å². The molecule has 3 aliphatic rings. The van der Waals surface area contributed by atoms with Gasteiger partial charge in [-0.05, 0) is 74.8 Å². The second-order valence-corrected chi connectivity index (χ2v) is 19.1. The molecule has 0 spiro atoms. The van der Waals surface area contributed by atoms with Gasteiger partial charge < -0.3 is 56.6 Å². The molecule has 8 amide bonds. The maximum Gasteiger partial charge on any atom is 0.410 e. The van der Waals surface area contributed by atoms with Gasteiger partial charge in [0, 0.05) is 75.3 Å². The van der Waals surface area contributed by atoms with E-state index < -0.39 is 41.8 Å². The molecule has 0 saturated carbocycles. The molecule has 1 unspecified atom stereocenters. The monoisotopic (exact) mass is 1030 g/mol. The minimum atomic E-state index is -1.06. The topological polar surface area (TPSA) is 301 Å². The van der Waals surface area contributed by atoms with Crippen LogP contribution in [0.1, 0.15) is 70.2 Å². The third-order valence-electron chi connectivity index (χ3n) is 13.4. The number of aromatic nitrogens is 5. The fourth-order valence-electron chi connectivity index (χ4n) is 9.55. The molecule has 3 aliphatic heterocycles. The number of nitrogens with zero attached hydrogens (tertiary/aromatic N) is 7. The third kappa shape index (κ3) is 12.9. The number of primary amides is 1. The summed E-state index contributed by atoms with van der Waals surface area (Å²) < 4.78 is 26.9. The van der Waals surface area contributed by atoms with Gasteiger partial charge in [-0.15, -0.1) is 0 Å². The summed E-state index contributed by atoms with van der Waals surface area (Å²) in [7, 11) is 1.71. The van der Waals surface area contributed by atoms with E-state index in [4.69, 9.17) is 20.2 Å². The highest BCUT2D eigenvalue weighted by atomic mass is 19.1. The molecule has 5 aromatic rings. The number of fused-ring (bicyclic) bond motifs is 4. The highest BCUT2D eigenvalue weighted by molar-refractivity contribution is 6.15. The lowest BCUT2D eigenvalue weighted by molar-refractivity contribution is -0.137. The molecule has 6 heterocycles. The summed E-state index contributed by atoms with van der Waals surface area (Å²) >= 11 is 0. The highest BCUT2D eigenvalue weighted by Crippen LogP contribution is 2.41. The number of amides is 8. The normalized spacial score (nSPS) is 16.9. The largest absolute Gasteiger partial charge is 0.445 e. The number of aromatic amines is 1. The fraction of sp³-hybridized carbons (Fsp3) is 0.431. The van der Waals surface area contributed by atoms with E-state index in [0.717, 1.165) is 11.3 Å². The first-order valence-electron chi connectivity index (χ1n) is 25.0. The molecule has 23 nitrogen and oxygen atoms in total. The first kappa shape index (κ1) is 52.9. The molecule has 75 heavy (non-hydrogen) atoms. The van der Waals surface area contributed by atoms with Crippen LogP contribution in [-0.4, -0.2) is 134 Å². The van der Waals surface area contributed by atoms with Crippen molar-refractivity contribution in [2.75, 3.05) is 55.3 Å². The minimum absolute atomic E-state index is 0.0367. The zero-order valence-electron chi connectivity index (χ0n) is 42.1. The van der Waals surface area contributed by atoms with Crippen LogP contribution in [0.4, 0.5) is 31.2 Å². The van der Waals surface area contributed by atoms with E-state index in [-0.39, 0.29) is 74.1 Å². The van der Waals surface area contributed by atoms with Crippen molar-refractivity contribution in [3.63, 3.8) is 0 Å². The van der Waals surface area contributed by atoms with Gasteiger partial charge in [-0.3, -0.25) is 28.9 Å². The minimum Gasteiger partial charge on any atom is -0.445 e. The van der Waals surface area contributed by atoms with Crippen molar-refractivity contribution in [1.29, 1.82) is 0 Å². The number of unbranched alkanes of at least 4 members (excludes halogenated alkanes) is 2. The lowest BCUT2D eigenvalue weighted by Gasteiger charge is -2.25. The van der Waals surface area contributed by atoms with Crippen molar-refractivity contribution in [2.45, 2.75) is 90.4 Å². The number of hydrogen-bond donors (Lipinski definition) is 7. The van der Waals surface area contributed by atoms with Crippen molar-refractivity contribution < 1.29 is 47.4 Å². The van der Waals surface area contributed by atoms with Crippen LogP contribution in [0, 0.1) is 24.6 Å². The van der Waals surface area contributed by atoms with Gasteiger partial charge in [0.2, 0.25) is 17.7 Å². The number of halogens is 1. The molecule has 4 atom stereocenters. The van der Waals surface area contributed by atoms with Gasteiger partial charge in [0.05, 0.1) is 35.0 Å². The van der Waals surface area contributed by atoms with Gasteiger partial charge in [-0.2, -0.15) is 9.97 Å². The molecule has 0 radical (unpaired) electrons. The summed E-state index contributed by atoms with van der Waals surface area (Å²) in [5.74, 6) is -1.46. The Morgan fingerprint density at radius 2 is 1.68 bits per heavy atom. The van der Waals surface area contributed by atoms with Gasteiger partial charge in [0.1, 0.15) is 41.8 Å². The second-order valence-electron chi connectivity index (χ2n) is 19.1. The Hall–Kier alpha value is -8.44.